The summed E-state index contributed by atoms with van der Waals surface area (Å²) in [7, 11) is 1.61. The minimum absolute atomic E-state index is 0.118. The van der Waals surface area contributed by atoms with Gasteiger partial charge in [-0.3, -0.25) is 4.79 Å². The number of carbonyl (C=O) groups excluding carboxylic acids is 1. The second-order valence-electron chi connectivity index (χ2n) is 2.87. The number of likely N-dealkylation sites (N-methyl/N-ethyl adjacent to an activating group) is 1. The van der Waals surface area contributed by atoms with Crippen LogP contribution in [0.3, 0.4) is 0 Å². The van der Waals surface area contributed by atoms with Gasteiger partial charge in [-0.2, -0.15) is 0 Å². The molecular weight excluding hydrogens is 156 g/mol. The van der Waals surface area contributed by atoms with Crippen molar-refractivity contribution in [2.75, 3.05) is 20.3 Å². The van der Waals surface area contributed by atoms with Gasteiger partial charge in [-0.25, -0.2) is 0 Å². The number of hydrogen-bond donors (Lipinski definition) is 2. The highest BCUT2D eigenvalue weighted by atomic mass is 16.5. The monoisotopic (exact) mass is 174 g/mol. The lowest BCUT2D eigenvalue weighted by Gasteiger charge is -2.20. The average molecular weight is 174 g/mol. The summed E-state index contributed by atoms with van der Waals surface area (Å²) in [6.45, 7) is 5.15. The molecular formula is C8H18N2O2. The minimum Gasteiger partial charge on any atom is -0.384 e. The quantitative estimate of drug-likeness (QED) is 0.582. The van der Waals surface area contributed by atoms with Crippen molar-refractivity contribution in [3.63, 3.8) is 0 Å². The third kappa shape index (κ3) is 3.69. The van der Waals surface area contributed by atoms with Crippen LogP contribution in [-0.4, -0.2) is 32.2 Å². The number of nitrogens with two attached hydrogens (primary N) is 1. The van der Waals surface area contributed by atoms with Crippen molar-refractivity contribution in [3.8, 4) is 0 Å². The van der Waals surface area contributed by atoms with Crippen LogP contribution in [0.1, 0.15) is 13.8 Å². The fourth-order valence-electron chi connectivity index (χ4n) is 1.16. The van der Waals surface area contributed by atoms with Gasteiger partial charge in [0.15, 0.2) is 0 Å². The SMILES string of the molecule is CCNC(C(N)=O)C(C)COC. The van der Waals surface area contributed by atoms with Crippen LogP contribution in [0.4, 0.5) is 0 Å². The van der Waals surface area contributed by atoms with E-state index in [4.69, 9.17) is 10.5 Å². The summed E-state index contributed by atoms with van der Waals surface area (Å²) in [6.07, 6.45) is 0. The number of primary amides is 1. The Morgan fingerprint density at radius 3 is 2.58 bits per heavy atom. The van der Waals surface area contributed by atoms with Gasteiger partial charge in [-0.15, -0.1) is 0 Å². The summed E-state index contributed by atoms with van der Waals surface area (Å²) in [5.41, 5.74) is 5.20. The normalized spacial score (nSPS) is 15.6. The standard InChI is InChI=1S/C8H18N2O2/c1-4-10-7(8(9)11)6(2)5-12-3/h6-7,10H,4-5H2,1-3H3,(H2,9,11). The van der Waals surface area contributed by atoms with Gasteiger partial charge < -0.3 is 15.8 Å². The van der Waals surface area contributed by atoms with Gasteiger partial charge in [0.1, 0.15) is 0 Å². The van der Waals surface area contributed by atoms with Crippen molar-refractivity contribution >= 4 is 5.91 Å². The largest absolute Gasteiger partial charge is 0.384 e. The van der Waals surface area contributed by atoms with Crippen LogP contribution in [0.2, 0.25) is 0 Å². The second-order valence-corrected chi connectivity index (χ2v) is 2.87. The Bertz CT molecular complexity index is 139. The minimum atomic E-state index is -0.318. The molecule has 0 fully saturated rings. The van der Waals surface area contributed by atoms with Gasteiger partial charge in [0.05, 0.1) is 12.6 Å². The van der Waals surface area contributed by atoms with E-state index < -0.39 is 0 Å². The molecule has 1 amide bonds. The molecule has 0 aliphatic rings. The molecule has 0 aliphatic carbocycles. The van der Waals surface area contributed by atoms with Crippen LogP contribution < -0.4 is 11.1 Å². The highest BCUT2D eigenvalue weighted by Gasteiger charge is 2.20. The van der Waals surface area contributed by atoms with Crippen molar-refractivity contribution < 1.29 is 9.53 Å². The van der Waals surface area contributed by atoms with Gasteiger partial charge in [-0.1, -0.05) is 13.8 Å². The summed E-state index contributed by atoms with van der Waals surface area (Å²) in [5, 5.41) is 3.01. The Hall–Kier alpha value is -0.610. The molecule has 0 aliphatic heterocycles. The first-order chi connectivity index (χ1) is 5.63. The van der Waals surface area contributed by atoms with Crippen LogP contribution in [0.15, 0.2) is 0 Å². The molecule has 2 atom stereocenters. The van der Waals surface area contributed by atoms with Gasteiger partial charge in [-0.05, 0) is 6.54 Å². The molecule has 0 heterocycles. The Labute approximate surface area is 73.5 Å². The molecule has 0 bridgehead atoms. The van der Waals surface area contributed by atoms with Crippen LogP contribution in [0.25, 0.3) is 0 Å². The maximum atomic E-state index is 10.9. The van der Waals surface area contributed by atoms with Gasteiger partial charge >= 0.3 is 0 Å². The van der Waals surface area contributed by atoms with E-state index in [1.54, 1.807) is 7.11 Å². The highest BCUT2D eigenvalue weighted by molar-refractivity contribution is 5.80. The van der Waals surface area contributed by atoms with Gasteiger partial charge in [0, 0.05) is 13.0 Å². The zero-order valence-electron chi connectivity index (χ0n) is 7.96. The van der Waals surface area contributed by atoms with E-state index in [0.717, 1.165) is 6.54 Å². The van der Waals surface area contributed by atoms with E-state index in [9.17, 15) is 4.79 Å². The molecule has 0 spiro atoms. The number of amides is 1. The number of carbonyl (C=O) groups is 1. The van der Waals surface area contributed by atoms with Crippen LogP contribution in [-0.2, 0) is 9.53 Å². The molecule has 0 radical (unpaired) electrons. The van der Waals surface area contributed by atoms with Crippen molar-refractivity contribution in [3.05, 3.63) is 0 Å². The van der Waals surface area contributed by atoms with Crippen LogP contribution in [0.5, 0.6) is 0 Å². The molecule has 0 saturated carbocycles. The number of nitrogens with one attached hydrogen (secondary N) is 1. The molecule has 4 heteroatoms. The van der Waals surface area contributed by atoms with E-state index in [-0.39, 0.29) is 17.9 Å². The molecule has 3 N–H and O–H groups in total. The lowest BCUT2D eigenvalue weighted by Crippen LogP contribution is -2.46. The Kier molecular flexibility index (Phi) is 5.66. The predicted molar refractivity (Wildman–Crippen MR) is 47.7 cm³/mol. The van der Waals surface area contributed by atoms with Crippen molar-refractivity contribution in [2.24, 2.45) is 11.7 Å². The van der Waals surface area contributed by atoms with Crippen LogP contribution >= 0.6 is 0 Å². The number of rotatable bonds is 6. The number of methoxy groups -OCH3 is 1. The molecule has 0 saturated heterocycles. The Morgan fingerprint density at radius 2 is 2.25 bits per heavy atom. The van der Waals surface area contributed by atoms with E-state index in [1.807, 2.05) is 13.8 Å². The van der Waals surface area contributed by atoms with E-state index in [0.29, 0.717) is 6.61 Å². The third-order valence-corrected chi connectivity index (χ3v) is 1.73. The Morgan fingerprint density at radius 1 is 1.67 bits per heavy atom. The molecule has 0 aromatic heterocycles. The smallest absolute Gasteiger partial charge is 0.234 e. The average Bonchev–Trinajstić information content (AvgIpc) is 1.99. The molecule has 2 unspecified atom stereocenters. The molecule has 0 aromatic rings. The summed E-state index contributed by atoms with van der Waals surface area (Å²) in [5.74, 6) is -0.200. The fourth-order valence-corrected chi connectivity index (χ4v) is 1.16. The first-order valence-electron chi connectivity index (χ1n) is 4.15. The van der Waals surface area contributed by atoms with Gasteiger partial charge in [0.2, 0.25) is 5.91 Å². The topological polar surface area (TPSA) is 64.3 Å². The first kappa shape index (κ1) is 11.4. The third-order valence-electron chi connectivity index (χ3n) is 1.73. The van der Waals surface area contributed by atoms with Crippen molar-refractivity contribution in [1.29, 1.82) is 0 Å². The van der Waals surface area contributed by atoms with E-state index in [1.165, 1.54) is 0 Å². The van der Waals surface area contributed by atoms with E-state index >= 15 is 0 Å². The maximum absolute atomic E-state index is 10.9. The molecule has 0 rings (SSSR count). The lowest BCUT2D eigenvalue weighted by atomic mass is 10.0. The number of ether oxygens (including phenoxy) is 1. The highest BCUT2D eigenvalue weighted by Crippen LogP contribution is 2.02. The van der Waals surface area contributed by atoms with Crippen molar-refractivity contribution in [2.45, 2.75) is 19.9 Å². The lowest BCUT2D eigenvalue weighted by molar-refractivity contribution is -0.121. The molecule has 4 nitrogen and oxygen atoms in total. The molecule has 0 aromatic carbocycles. The summed E-state index contributed by atoms with van der Waals surface area (Å²) >= 11 is 0. The van der Waals surface area contributed by atoms with Crippen LogP contribution in [0, 0.1) is 5.92 Å². The summed E-state index contributed by atoms with van der Waals surface area (Å²) in [6, 6.07) is -0.282. The molecule has 72 valence electrons. The Balaban J connectivity index is 3.99. The first-order valence-corrected chi connectivity index (χ1v) is 4.15. The predicted octanol–water partition coefficient (Wildman–Crippen LogP) is -0.268. The maximum Gasteiger partial charge on any atom is 0.234 e. The fraction of sp³-hybridized carbons (Fsp3) is 0.875. The zero-order valence-corrected chi connectivity index (χ0v) is 7.96. The van der Waals surface area contributed by atoms with E-state index in [2.05, 4.69) is 5.32 Å². The summed E-state index contributed by atoms with van der Waals surface area (Å²) in [4.78, 5) is 10.9. The number of hydrogen-bond acceptors (Lipinski definition) is 3. The summed E-state index contributed by atoms with van der Waals surface area (Å²) < 4.78 is 4.93. The molecule has 12 heavy (non-hydrogen) atoms. The van der Waals surface area contributed by atoms with Gasteiger partial charge in [0.25, 0.3) is 0 Å². The second kappa shape index (κ2) is 5.97. The zero-order chi connectivity index (χ0) is 9.56. The van der Waals surface area contributed by atoms with Crippen molar-refractivity contribution in [1.82, 2.24) is 5.32 Å².